The highest BCUT2D eigenvalue weighted by molar-refractivity contribution is 6.32. The number of aromatic nitrogens is 2. The first kappa shape index (κ1) is 21.2. The fourth-order valence-electron chi connectivity index (χ4n) is 4.15. The Hall–Kier alpha value is -3.70. The number of nitrogens with one attached hydrogen (secondary N) is 1. The molecule has 1 heterocycles. The molecule has 0 unspecified atom stereocenters. The lowest BCUT2D eigenvalue weighted by atomic mass is 9.86. The Balaban J connectivity index is 1.74. The average molecular weight is 459 g/mol. The number of carboxylic acids is 1. The molecule has 6 heteroatoms. The molecule has 4 nitrogen and oxygen atoms in total. The number of carboxylic acid groups (broad SMARTS) is 1. The zero-order valence-electron chi connectivity index (χ0n) is 17.6. The van der Waals surface area contributed by atoms with Gasteiger partial charge in [0.1, 0.15) is 0 Å². The van der Waals surface area contributed by atoms with Crippen LogP contribution in [0.1, 0.15) is 35.1 Å². The van der Waals surface area contributed by atoms with Crippen LogP contribution in [0, 0.1) is 11.9 Å². The Kier molecular flexibility index (Phi) is 5.56. The Morgan fingerprint density at radius 3 is 2.48 bits per heavy atom. The number of halogens is 2. The van der Waals surface area contributed by atoms with Crippen LogP contribution in [0.15, 0.2) is 72.8 Å². The van der Waals surface area contributed by atoms with Crippen LogP contribution in [0.3, 0.4) is 0 Å². The monoisotopic (exact) mass is 458 g/mol. The smallest absolute Gasteiger partial charge is 0.328 e. The standard InChI is InChI=1S/C27H20ClFN2O2/c28-22-4-2-1-3-20(22)26(18-10-11-18)25(17-8-5-16(6-9-17)7-14-24(32)33)19-12-13-23-21(15-19)27(29)31-30-23/h1-9,12-15,18H,10-11H2,(H,30,31)(H,32,33)/b14-7+,26-25+. The summed E-state index contributed by atoms with van der Waals surface area (Å²) in [6.07, 6.45) is 4.79. The highest BCUT2D eigenvalue weighted by Crippen LogP contribution is 2.49. The van der Waals surface area contributed by atoms with Gasteiger partial charge < -0.3 is 5.11 Å². The second kappa shape index (κ2) is 8.68. The van der Waals surface area contributed by atoms with E-state index >= 15 is 0 Å². The molecule has 5 rings (SSSR count). The maximum absolute atomic E-state index is 14.3. The van der Waals surface area contributed by atoms with Crippen LogP contribution in [0.4, 0.5) is 4.39 Å². The Morgan fingerprint density at radius 1 is 1.06 bits per heavy atom. The highest BCUT2D eigenvalue weighted by Gasteiger charge is 2.31. The molecule has 33 heavy (non-hydrogen) atoms. The van der Waals surface area contributed by atoms with Gasteiger partial charge in [0, 0.05) is 11.1 Å². The van der Waals surface area contributed by atoms with Crippen molar-refractivity contribution in [1.82, 2.24) is 10.2 Å². The minimum Gasteiger partial charge on any atom is -0.478 e. The first-order valence-corrected chi connectivity index (χ1v) is 11.0. The predicted molar refractivity (Wildman–Crippen MR) is 129 cm³/mol. The summed E-state index contributed by atoms with van der Waals surface area (Å²) in [5.41, 5.74) is 6.34. The van der Waals surface area contributed by atoms with Crippen molar-refractivity contribution in [3.8, 4) is 0 Å². The van der Waals surface area contributed by atoms with Crippen LogP contribution in [-0.4, -0.2) is 21.3 Å². The van der Waals surface area contributed by atoms with Crippen molar-refractivity contribution in [3.05, 3.63) is 106 Å². The van der Waals surface area contributed by atoms with E-state index in [1.54, 1.807) is 6.08 Å². The number of aliphatic carboxylic acids is 1. The molecule has 2 N–H and O–H groups in total. The number of hydrogen-bond donors (Lipinski definition) is 2. The second-order valence-corrected chi connectivity index (χ2v) is 8.52. The van der Waals surface area contributed by atoms with Crippen molar-refractivity contribution in [1.29, 1.82) is 0 Å². The number of benzene rings is 3. The number of H-pyrrole nitrogens is 1. The number of fused-ring (bicyclic) bond motifs is 1. The molecule has 1 aliphatic carbocycles. The van der Waals surface area contributed by atoms with E-state index in [2.05, 4.69) is 10.2 Å². The summed E-state index contributed by atoms with van der Waals surface area (Å²) in [4.78, 5) is 10.9. The van der Waals surface area contributed by atoms with Crippen molar-refractivity contribution in [2.24, 2.45) is 5.92 Å². The van der Waals surface area contributed by atoms with E-state index < -0.39 is 11.9 Å². The van der Waals surface area contributed by atoms with E-state index in [9.17, 15) is 9.18 Å². The topological polar surface area (TPSA) is 66.0 Å². The lowest BCUT2D eigenvalue weighted by Gasteiger charge is -2.18. The number of allylic oxidation sites excluding steroid dienone is 1. The van der Waals surface area contributed by atoms with Crippen molar-refractivity contribution >= 4 is 45.7 Å². The zero-order chi connectivity index (χ0) is 22.9. The summed E-state index contributed by atoms with van der Waals surface area (Å²) in [5.74, 6) is -1.17. The molecule has 1 aliphatic rings. The quantitative estimate of drug-likeness (QED) is 0.246. The van der Waals surface area contributed by atoms with Gasteiger partial charge in [0.25, 0.3) is 0 Å². The first-order chi connectivity index (χ1) is 16.0. The van der Waals surface area contributed by atoms with E-state index in [0.717, 1.165) is 52.3 Å². The maximum atomic E-state index is 14.3. The molecule has 0 atom stereocenters. The van der Waals surface area contributed by atoms with Gasteiger partial charge in [0.05, 0.1) is 10.9 Å². The molecule has 3 aromatic carbocycles. The summed E-state index contributed by atoms with van der Waals surface area (Å²) in [5, 5.41) is 16.4. The van der Waals surface area contributed by atoms with Crippen LogP contribution < -0.4 is 0 Å². The van der Waals surface area contributed by atoms with E-state index in [-0.39, 0.29) is 0 Å². The molecule has 1 aromatic heterocycles. The number of nitrogens with zero attached hydrogens (tertiary/aromatic N) is 1. The summed E-state index contributed by atoms with van der Waals surface area (Å²) in [7, 11) is 0. The summed E-state index contributed by atoms with van der Waals surface area (Å²) < 4.78 is 14.3. The van der Waals surface area contributed by atoms with Gasteiger partial charge in [-0.25, -0.2) is 4.79 Å². The molecule has 0 aliphatic heterocycles. The zero-order valence-corrected chi connectivity index (χ0v) is 18.3. The summed E-state index contributed by atoms with van der Waals surface area (Å²) >= 11 is 6.63. The van der Waals surface area contributed by atoms with Crippen LogP contribution in [0.25, 0.3) is 28.1 Å². The van der Waals surface area contributed by atoms with Gasteiger partial charge in [0.15, 0.2) is 0 Å². The minimum absolute atomic E-state index is 0.358. The fourth-order valence-corrected chi connectivity index (χ4v) is 4.39. The van der Waals surface area contributed by atoms with Gasteiger partial charge in [-0.1, -0.05) is 60.1 Å². The molecule has 164 valence electrons. The fraction of sp³-hybridized carbons (Fsp3) is 0.111. The molecule has 0 spiro atoms. The molecule has 1 fully saturated rings. The van der Waals surface area contributed by atoms with Crippen LogP contribution in [0.2, 0.25) is 5.02 Å². The van der Waals surface area contributed by atoms with Crippen LogP contribution in [0.5, 0.6) is 0 Å². The Morgan fingerprint density at radius 2 is 1.79 bits per heavy atom. The minimum atomic E-state index is -0.996. The summed E-state index contributed by atoms with van der Waals surface area (Å²) in [6, 6.07) is 21.1. The van der Waals surface area contributed by atoms with Gasteiger partial charge in [-0.2, -0.15) is 4.39 Å². The number of hydrogen-bond acceptors (Lipinski definition) is 2. The molecule has 0 radical (unpaired) electrons. The summed E-state index contributed by atoms with van der Waals surface area (Å²) in [6.45, 7) is 0. The Bertz CT molecular complexity index is 1420. The Labute approximate surface area is 195 Å². The second-order valence-electron chi connectivity index (χ2n) is 8.11. The third kappa shape index (κ3) is 4.32. The van der Waals surface area contributed by atoms with Crippen LogP contribution >= 0.6 is 11.6 Å². The molecule has 0 bridgehead atoms. The molecule has 0 amide bonds. The van der Waals surface area contributed by atoms with Crippen molar-refractivity contribution < 1.29 is 14.3 Å². The first-order valence-electron chi connectivity index (χ1n) is 10.7. The highest BCUT2D eigenvalue weighted by atomic mass is 35.5. The van der Waals surface area contributed by atoms with Crippen molar-refractivity contribution in [2.75, 3.05) is 0 Å². The van der Waals surface area contributed by atoms with Gasteiger partial charge >= 0.3 is 5.97 Å². The van der Waals surface area contributed by atoms with Crippen molar-refractivity contribution in [2.45, 2.75) is 12.8 Å². The number of aromatic amines is 1. The molecular formula is C27H20ClFN2O2. The third-order valence-electron chi connectivity index (χ3n) is 5.84. The van der Waals surface area contributed by atoms with Gasteiger partial charge in [-0.3, -0.25) is 5.10 Å². The average Bonchev–Trinajstić information content (AvgIpc) is 3.59. The molecular weight excluding hydrogens is 439 g/mol. The SMILES string of the molecule is O=C(O)/C=C/c1ccc(/C(=C(\c2ccccc2Cl)C2CC2)c2ccc3[nH]nc(F)c3c2)cc1. The van der Waals surface area contributed by atoms with Gasteiger partial charge in [0.2, 0.25) is 5.95 Å². The van der Waals surface area contributed by atoms with E-state index in [4.69, 9.17) is 16.7 Å². The van der Waals surface area contributed by atoms with Crippen molar-refractivity contribution in [3.63, 3.8) is 0 Å². The van der Waals surface area contributed by atoms with Gasteiger partial charge in [-0.15, -0.1) is 5.10 Å². The van der Waals surface area contributed by atoms with E-state index in [0.29, 0.717) is 21.8 Å². The lowest BCUT2D eigenvalue weighted by Crippen LogP contribution is -1.98. The van der Waals surface area contributed by atoms with Gasteiger partial charge in [-0.05, 0) is 76.4 Å². The van der Waals surface area contributed by atoms with E-state index in [1.165, 1.54) is 0 Å². The third-order valence-corrected chi connectivity index (χ3v) is 6.17. The predicted octanol–water partition coefficient (Wildman–Crippen LogP) is 6.82. The number of rotatable bonds is 6. The maximum Gasteiger partial charge on any atom is 0.328 e. The normalized spacial score (nSPS) is 14.6. The molecule has 4 aromatic rings. The largest absolute Gasteiger partial charge is 0.478 e. The molecule has 1 saturated carbocycles. The van der Waals surface area contributed by atoms with Crippen LogP contribution in [-0.2, 0) is 4.79 Å². The van der Waals surface area contributed by atoms with E-state index in [1.807, 2.05) is 66.7 Å². The molecule has 0 saturated heterocycles. The lowest BCUT2D eigenvalue weighted by molar-refractivity contribution is -0.131. The number of carbonyl (C=O) groups is 1.